The predicted octanol–water partition coefficient (Wildman–Crippen LogP) is 1.40. The Bertz CT molecular complexity index is 597. The molecule has 0 radical (unpaired) electrons. The van der Waals surface area contributed by atoms with E-state index in [1.165, 1.54) is 5.69 Å². The summed E-state index contributed by atoms with van der Waals surface area (Å²) in [6.07, 6.45) is 6.53. The van der Waals surface area contributed by atoms with Crippen LogP contribution in [0.15, 0.2) is 24.7 Å². The van der Waals surface area contributed by atoms with Gasteiger partial charge in [0.2, 0.25) is 0 Å². The van der Waals surface area contributed by atoms with Gasteiger partial charge in [-0.25, -0.2) is 0 Å². The van der Waals surface area contributed by atoms with E-state index in [2.05, 4.69) is 30.7 Å². The largest absolute Gasteiger partial charge is 0.383 e. The molecule has 0 saturated heterocycles. The van der Waals surface area contributed by atoms with Gasteiger partial charge in [-0.3, -0.25) is 19.5 Å². The van der Waals surface area contributed by atoms with Crippen molar-refractivity contribution in [2.75, 3.05) is 13.7 Å². The van der Waals surface area contributed by atoms with E-state index in [0.29, 0.717) is 6.04 Å². The molecule has 0 spiro atoms. The Morgan fingerprint density at radius 3 is 3.10 bits per heavy atom. The van der Waals surface area contributed by atoms with Gasteiger partial charge in [-0.05, 0) is 19.4 Å². The summed E-state index contributed by atoms with van der Waals surface area (Å²) in [4.78, 5) is 11.2. The van der Waals surface area contributed by atoms with E-state index in [1.54, 1.807) is 13.3 Å². The van der Waals surface area contributed by atoms with E-state index in [1.807, 2.05) is 19.3 Å². The monoisotopic (exact) mass is 287 g/mol. The molecule has 3 rings (SSSR count). The molecule has 0 saturated carbocycles. The van der Waals surface area contributed by atoms with Crippen LogP contribution in [0.3, 0.4) is 0 Å². The minimum atomic E-state index is 0.374. The zero-order chi connectivity index (χ0) is 14.7. The predicted molar refractivity (Wildman–Crippen MR) is 78.5 cm³/mol. The first-order chi connectivity index (χ1) is 10.3. The molecule has 112 valence electrons. The summed E-state index contributed by atoms with van der Waals surface area (Å²) in [6.45, 7) is 5.29. The van der Waals surface area contributed by atoms with Gasteiger partial charge in [0.15, 0.2) is 0 Å². The van der Waals surface area contributed by atoms with Gasteiger partial charge in [-0.15, -0.1) is 0 Å². The summed E-state index contributed by atoms with van der Waals surface area (Å²) < 4.78 is 7.48. The van der Waals surface area contributed by atoms with Crippen LogP contribution in [0.1, 0.15) is 23.5 Å². The molecule has 0 amide bonds. The highest BCUT2D eigenvalue weighted by molar-refractivity contribution is 5.06. The highest BCUT2D eigenvalue weighted by Gasteiger charge is 2.24. The lowest BCUT2D eigenvalue weighted by Crippen LogP contribution is -2.37. The van der Waals surface area contributed by atoms with Gasteiger partial charge in [0.25, 0.3) is 0 Å². The minimum absolute atomic E-state index is 0.374. The van der Waals surface area contributed by atoms with Crippen molar-refractivity contribution in [3.8, 4) is 0 Å². The van der Waals surface area contributed by atoms with Crippen molar-refractivity contribution in [2.24, 2.45) is 0 Å². The molecule has 0 aromatic carbocycles. The van der Waals surface area contributed by atoms with Crippen LogP contribution in [0.25, 0.3) is 0 Å². The second-order valence-electron chi connectivity index (χ2n) is 5.50. The standard InChI is InChI=1S/C15H21N5O/c1-12-7-16-8-13(18-12)9-19-10-14-3-5-17-20(14)6-4-15(19)11-21-2/h3,5,7-8,15H,4,6,9-11H2,1-2H3. The van der Waals surface area contributed by atoms with Crippen LogP contribution < -0.4 is 0 Å². The third-order valence-corrected chi connectivity index (χ3v) is 3.89. The number of aromatic nitrogens is 4. The number of nitrogens with zero attached hydrogens (tertiary/aromatic N) is 5. The lowest BCUT2D eigenvalue weighted by atomic mass is 10.2. The molecule has 0 bridgehead atoms. The molecule has 3 heterocycles. The number of methoxy groups -OCH3 is 1. The summed E-state index contributed by atoms with van der Waals surface area (Å²) in [6, 6.07) is 2.46. The van der Waals surface area contributed by atoms with Crippen LogP contribution in [0.2, 0.25) is 0 Å². The van der Waals surface area contributed by atoms with Crippen LogP contribution in [0.4, 0.5) is 0 Å². The fourth-order valence-electron chi connectivity index (χ4n) is 2.85. The van der Waals surface area contributed by atoms with E-state index >= 15 is 0 Å². The van der Waals surface area contributed by atoms with Crippen molar-refractivity contribution in [3.05, 3.63) is 41.7 Å². The highest BCUT2D eigenvalue weighted by Crippen LogP contribution is 2.19. The molecule has 0 fully saturated rings. The number of ether oxygens (including phenoxy) is 1. The average Bonchev–Trinajstić information content (AvgIpc) is 2.84. The molecule has 21 heavy (non-hydrogen) atoms. The molecule has 2 aromatic rings. The number of hydrogen-bond acceptors (Lipinski definition) is 5. The lowest BCUT2D eigenvalue weighted by Gasteiger charge is -2.28. The van der Waals surface area contributed by atoms with Gasteiger partial charge >= 0.3 is 0 Å². The van der Waals surface area contributed by atoms with E-state index in [-0.39, 0.29) is 0 Å². The van der Waals surface area contributed by atoms with Gasteiger partial charge in [0, 0.05) is 51.4 Å². The Balaban J connectivity index is 1.81. The fraction of sp³-hybridized carbons (Fsp3) is 0.533. The first-order valence-corrected chi connectivity index (χ1v) is 7.27. The van der Waals surface area contributed by atoms with Gasteiger partial charge in [-0.1, -0.05) is 0 Å². The van der Waals surface area contributed by atoms with Gasteiger partial charge in [-0.2, -0.15) is 5.10 Å². The second kappa shape index (κ2) is 6.32. The molecule has 6 heteroatoms. The van der Waals surface area contributed by atoms with Crippen molar-refractivity contribution in [3.63, 3.8) is 0 Å². The Hall–Kier alpha value is -1.79. The van der Waals surface area contributed by atoms with Crippen molar-refractivity contribution in [2.45, 2.75) is 39.0 Å². The van der Waals surface area contributed by atoms with Crippen LogP contribution in [-0.2, 0) is 24.4 Å². The Kier molecular flexibility index (Phi) is 4.26. The number of rotatable bonds is 4. The summed E-state index contributed by atoms with van der Waals surface area (Å²) >= 11 is 0. The quantitative estimate of drug-likeness (QED) is 0.851. The molecule has 2 aromatic heterocycles. The Morgan fingerprint density at radius 2 is 2.29 bits per heavy atom. The molecule has 1 unspecified atom stereocenters. The lowest BCUT2D eigenvalue weighted by molar-refractivity contribution is 0.0771. The van der Waals surface area contributed by atoms with Crippen molar-refractivity contribution in [1.29, 1.82) is 0 Å². The van der Waals surface area contributed by atoms with Crippen molar-refractivity contribution < 1.29 is 4.74 Å². The number of hydrogen-bond donors (Lipinski definition) is 0. The fourth-order valence-corrected chi connectivity index (χ4v) is 2.85. The zero-order valence-corrected chi connectivity index (χ0v) is 12.6. The second-order valence-corrected chi connectivity index (χ2v) is 5.50. The Labute approximate surface area is 124 Å². The summed E-state index contributed by atoms with van der Waals surface area (Å²) in [5.41, 5.74) is 3.20. The number of aryl methyl sites for hydroxylation is 2. The molecular formula is C15H21N5O. The molecule has 0 aliphatic carbocycles. The normalized spacial score (nSPS) is 19.2. The zero-order valence-electron chi connectivity index (χ0n) is 12.6. The van der Waals surface area contributed by atoms with Crippen LogP contribution in [-0.4, -0.2) is 44.4 Å². The Morgan fingerprint density at radius 1 is 1.38 bits per heavy atom. The maximum Gasteiger partial charge on any atom is 0.0730 e. The van der Waals surface area contributed by atoms with Crippen molar-refractivity contribution >= 4 is 0 Å². The third-order valence-electron chi connectivity index (χ3n) is 3.89. The van der Waals surface area contributed by atoms with E-state index in [0.717, 1.165) is 44.0 Å². The minimum Gasteiger partial charge on any atom is -0.383 e. The van der Waals surface area contributed by atoms with Crippen LogP contribution in [0.5, 0.6) is 0 Å². The maximum absolute atomic E-state index is 5.40. The molecule has 1 aliphatic rings. The van der Waals surface area contributed by atoms with Gasteiger partial charge < -0.3 is 4.74 Å². The summed E-state index contributed by atoms with van der Waals surface area (Å²) in [7, 11) is 1.76. The van der Waals surface area contributed by atoms with Crippen molar-refractivity contribution in [1.82, 2.24) is 24.6 Å². The van der Waals surface area contributed by atoms with Gasteiger partial charge in [0.05, 0.1) is 23.7 Å². The van der Waals surface area contributed by atoms with Crippen LogP contribution in [0, 0.1) is 6.92 Å². The first kappa shape index (κ1) is 14.2. The third kappa shape index (κ3) is 3.28. The summed E-state index contributed by atoms with van der Waals surface area (Å²) in [5, 5.41) is 4.39. The van der Waals surface area contributed by atoms with E-state index in [4.69, 9.17) is 4.74 Å². The maximum atomic E-state index is 5.40. The molecule has 1 atom stereocenters. The molecule has 1 aliphatic heterocycles. The molecular weight excluding hydrogens is 266 g/mol. The van der Waals surface area contributed by atoms with E-state index in [9.17, 15) is 0 Å². The molecule has 6 nitrogen and oxygen atoms in total. The smallest absolute Gasteiger partial charge is 0.0730 e. The molecule has 0 N–H and O–H groups in total. The number of fused-ring (bicyclic) bond motifs is 1. The van der Waals surface area contributed by atoms with E-state index < -0.39 is 0 Å². The topological polar surface area (TPSA) is 56.1 Å². The highest BCUT2D eigenvalue weighted by atomic mass is 16.5. The average molecular weight is 287 g/mol. The first-order valence-electron chi connectivity index (χ1n) is 7.27. The van der Waals surface area contributed by atoms with Gasteiger partial charge in [0.1, 0.15) is 0 Å². The van der Waals surface area contributed by atoms with Crippen LogP contribution >= 0.6 is 0 Å². The summed E-state index contributed by atoms with van der Waals surface area (Å²) in [5.74, 6) is 0. The SMILES string of the molecule is COCC1CCn2nccc2CN1Cc1cncc(C)n1.